The summed E-state index contributed by atoms with van der Waals surface area (Å²) in [5.41, 5.74) is 2.16. The first-order chi connectivity index (χ1) is 8.24. The second kappa shape index (κ2) is 5.80. The summed E-state index contributed by atoms with van der Waals surface area (Å²) in [5, 5.41) is 2.77. The van der Waals surface area contributed by atoms with E-state index in [0.717, 1.165) is 38.5 Å². The zero-order valence-corrected chi connectivity index (χ0v) is 10.2. The first-order valence-electron chi connectivity index (χ1n) is 6.02. The van der Waals surface area contributed by atoms with Gasteiger partial charge in [0.2, 0.25) is 5.91 Å². The number of hydrogen-bond donors (Lipinski definition) is 2. The van der Waals surface area contributed by atoms with E-state index in [-0.39, 0.29) is 5.91 Å². The molecule has 0 unspecified atom stereocenters. The van der Waals surface area contributed by atoms with Crippen molar-refractivity contribution in [2.45, 2.75) is 13.5 Å². The molecule has 2 N–H and O–H groups in total. The van der Waals surface area contributed by atoms with Crippen molar-refractivity contribution < 1.29 is 14.4 Å². The molecule has 1 aliphatic heterocycles. The summed E-state index contributed by atoms with van der Waals surface area (Å²) in [7, 11) is 0. The molecule has 0 atom stereocenters. The van der Waals surface area contributed by atoms with Crippen LogP contribution in [0.2, 0.25) is 0 Å². The second-order valence-corrected chi connectivity index (χ2v) is 4.42. The van der Waals surface area contributed by atoms with E-state index >= 15 is 0 Å². The van der Waals surface area contributed by atoms with Crippen molar-refractivity contribution in [3.05, 3.63) is 29.8 Å². The van der Waals surface area contributed by atoms with Crippen molar-refractivity contribution in [1.29, 1.82) is 0 Å². The molecule has 1 amide bonds. The molecule has 0 bridgehead atoms. The molecule has 0 radical (unpaired) electrons. The number of amides is 1. The monoisotopic (exact) mass is 235 g/mol. The van der Waals surface area contributed by atoms with Gasteiger partial charge in [-0.05, 0) is 12.1 Å². The van der Waals surface area contributed by atoms with Gasteiger partial charge in [-0.2, -0.15) is 0 Å². The van der Waals surface area contributed by atoms with Crippen molar-refractivity contribution >= 4 is 11.6 Å². The molecule has 92 valence electrons. The van der Waals surface area contributed by atoms with Crippen LogP contribution in [0.15, 0.2) is 24.3 Å². The molecule has 1 aromatic carbocycles. The molecule has 1 heterocycles. The molecule has 0 saturated carbocycles. The van der Waals surface area contributed by atoms with Gasteiger partial charge in [0.1, 0.15) is 19.6 Å². The number of quaternary nitrogens is 1. The second-order valence-electron chi connectivity index (χ2n) is 4.42. The summed E-state index contributed by atoms with van der Waals surface area (Å²) in [6, 6.07) is 8.06. The van der Waals surface area contributed by atoms with Gasteiger partial charge in [-0.15, -0.1) is 0 Å². The lowest BCUT2D eigenvalue weighted by atomic mass is 10.2. The molecule has 4 heteroatoms. The van der Waals surface area contributed by atoms with Gasteiger partial charge in [-0.25, -0.2) is 0 Å². The Morgan fingerprint density at radius 1 is 1.29 bits per heavy atom. The third kappa shape index (κ3) is 3.84. The van der Waals surface area contributed by atoms with Crippen LogP contribution < -0.4 is 10.2 Å². The lowest BCUT2D eigenvalue weighted by Crippen LogP contribution is -3.12. The Hall–Kier alpha value is -1.39. The highest BCUT2D eigenvalue weighted by molar-refractivity contribution is 5.88. The van der Waals surface area contributed by atoms with E-state index in [4.69, 9.17) is 4.74 Å². The van der Waals surface area contributed by atoms with E-state index in [0.29, 0.717) is 0 Å². The normalized spacial score (nSPS) is 16.8. The Morgan fingerprint density at radius 3 is 2.53 bits per heavy atom. The zero-order chi connectivity index (χ0) is 12.1. The van der Waals surface area contributed by atoms with E-state index in [9.17, 15) is 4.79 Å². The van der Waals surface area contributed by atoms with Gasteiger partial charge in [0.15, 0.2) is 0 Å². The van der Waals surface area contributed by atoms with Crippen molar-refractivity contribution in [1.82, 2.24) is 0 Å². The van der Waals surface area contributed by atoms with Crippen LogP contribution in [-0.4, -0.2) is 32.2 Å². The number of rotatable bonds is 3. The largest absolute Gasteiger partial charge is 0.370 e. The van der Waals surface area contributed by atoms with E-state index in [1.54, 1.807) is 4.90 Å². The van der Waals surface area contributed by atoms with Gasteiger partial charge in [0, 0.05) is 18.2 Å². The molecule has 17 heavy (non-hydrogen) atoms. The Labute approximate surface area is 102 Å². The first-order valence-corrected chi connectivity index (χ1v) is 6.02. The minimum Gasteiger partial charge on any atom is -0.370 e. The average molecular weight is 235 g/mol. The number of hydrogen-bond acceptors (Lipinski definition) is 2. The van der Waals surface area contributed by atoms with Crippen LogP contribution in [0.1, 0.15) is 12.5 Å². The summed E-state index contributed by atoms with van der Waals surface area (Å²) in [6.07, 6.45) is 0. The van der Waals surface area contributed by atoms with Crippen LogP contribution >= 0.6 is 0 Å². The van der Waals surface area contributed by atoms with E-state index in [2.05, 4.69) is 17.4 Å². The SMILES string of the molecule is CC(=O)Nc1ccc(C[NH+]2CCOCC2)cc1. The molecule has 4 nitrogen and oxygen atoms in total. The molecule has 1 aliphatic rings. The Morgan fingerprint density at radius 2 is 1.94 bits per heavy atom. The average Bonchev–Trinajstić information content (AvgIpc) is 2.32. The molecule has 0 aliphatic carbocycles. The quantitative estimate of drug-likeness (QED) is 0.778. The van der Waals surface area contributed by atoms with Crippen LogP contribution in [-0.2, 0) is 16.1 Å². The van der Waals surface area contributed by atoms with E-state index < -0.39 is 0 Å². The number of benzene rings is 1. The molecule has 0 aromatic heterocycles. The summed E-state index contributed by atoms with van der Waals surface area (Å²) in [5.74, 6) is -0.0310. The van der Waals surface area contributed by atoms with Crippen molar-refractivity contribution in [2.24, 2.45) is 0 Å². The topological polar surface area (TPSA) is 42.8 Å². The third-order valence-electron chi connectivity index (χ3n) is 2.93. The van der Waals surface area contributed by atoms with Crippen LogP contribution in [0, 0.1) is 0 Å². The summed E-state index contributed by atoms with van der Waals surface area (Å²) < 4.78 is 5.33. The predicted octanol–water partition coefficient (Wildman–Crippen LogP) is 0.0601. The Balaban J connectivity index is 1.90. The Bertz CT molecular complexity index is 370. The molecular weight excluding hydrogens is 216 g/mol. The van der Waals surface area contributed by atoms with Gasteiger partial charge in [-0.1, -0.05) is 12.1 Å². The third-order valence-corrected chi connectivity index (χ3v) is 2.93. The van der Waals surface area contributed by atoms with Crippen molar-refractivity contribution in [3.63, 3.8) is 0 Å². The van der Waals surface area contributed by atoms with Crippen molar-refractivity contribution in [2.75, 3.05) is 31.6 Å². The highest BCUT2D eigenvalue weighted by atomic mass is 16.5. The molecule has 1 saturated heterocycles. The molecule has 1 fully saturated rings. The fourth-order valence-corrected chi connectivity index (χ4v) is 2.03. The van der Waals surface area contributed by atoms with Gasteiger partial charge in [0.05, 0.1) is 13.2 Å². The smallest absolute Gasteiger partial charge is 0.221 e. The molecule has 2 rings (SSSR count). The van der Waals surface area contributed by atoms with Gasteiger partial charge >= 0.3 is 0 Å². The number of nitrogens with one attached hydrogen (secondary N) is 2. The van der Waals surface area contributed by atoms with Gasteiger partial charge < -0.3 is 15.0 Å². The maximum atomic E-state index is 10.9. The predicted molar refractivity (Wildman–Crippen MR) is 66.0 cm³/mol. The van der Waals surface area contributed by atoms with Crippen LogP contribution in [0.25, 0.3) is 0 Å². The number of ether oxygens (including phenoxy) is 1. The van der Waals surface area contributed by atoms with Gasteiger partial charge in [0.25, 0.3) is 0 Å². The van der Waals surface area contributed by atoms with E-state index in [1.807, 2.05) is 12.1 Å². The fraction of sp³-hybridized carbons (Fsp3) is 0.462. The summed E-state index contributed by atoms with van der Waals surface area (Å²) in [6.45, 7) is 6.43. The van der Waals surface area contributed by atoms with E-state index in [1.165, 1.54) is 12.5 Å². The summed E-state index contributed by atoms with van der Waals surface area (Å²) >= 11 is 0. The minimum atomic E-state index is -0.0310. The number of carbonyl (C=O) groups is 1. The van der Waals surface area contributed by atoms with Crippen LogP contribution in [0.4, 0.5) is 5.69 Å². The Kier molecular flexibility index (Phi) is 4.12. The number of anilines is 1. The zero-order valence-electron chi connectivity index (χ0n) is 10.2. The first kappa shape index (κ1) is 12.1. The number of carbonyl (C=O) groups excluding carboxylic acids is 1. The van der Waals surface area contributed by atoms with Crippen molar-refractivity contribution in [3.8, 4) is 0 Å². The lowest BCUT2D eigenvalue weighted by molar-refractivity contribution is -0.921. The highest BCUT2D eigenvalue weighted by Gasteiger charge is 2.13. The molecule has 0 spiro atoms. The maximum absolute atomic E-state index is 10.9. The minimum absolute atomic E-state index is 0.0310. The molecular formula is C13H19N2O2+. The van der Waals surface area contributed by atoms with Crippen LogP contribution in [0.5, 0.6) is 0 Å². The number of morpholine rings is 1. The fourth-order valence-electron chi connectivity index (χ4n) is 2.03. The highest BCUT2D eigenvalue weighted by Crippen LogP contribution is 2.08. The standard InChI is InChI=1S/C13H18N2O2/c1-11(16)14-13-4-2-12(3-5-13)10-15-6-8-17-9-7-15/h2-5H,6-10H2,1H3,(H,14,16)/p+1. The molecule has 1 aromatic rings. The lowest BCUT2D eigenvalue weighted by Gasteiger charge is -2.23. The van der Waals surface area contributed by atoms with Crippen LogP contribution in [0.3, 0.4) is 0 Å². The van der Waals surface area contributed by atoms with Gasteiger partial charge in [-0.3, -0.25) is 4.79 Å². The maximum Gasteiger partial charge on any atom is 0.221 e. The summed E-state index contributed by atoms with van der Waals surface area (Å²) in [4.78, 5) is 12.4.